The van der Waals surface area contributed by atoms with Crippen LogP contribution < -0.4 is 10.6 Å². The van der Waals surface area contributed by atoms with Crippen LogP contribution in [-0.2, 0) is 18.3 Å². The Balaban J connectivity index is 0.00000264. The lowest BCUT2D eigenvalue weighted by Crippen LogP contribution is -2.41. The van der Waals surface area contributed by atoms with Crippen LogP contribution in [0.4, 0.5) is 0 Å². The minimum absolute atomic E-state index is 0. The summed E-state index contributed by atoms with van der Waals surface area (Å²) in [4.78, 5) is 4.62. The standard InChI is InChI=1S/C15H28N6O.HI/c1-4-5-8-16-15(17-10-13-7-6-9-22-13)18-11-14-20-19-12(2)21(14)3;/h13H,4-11H2,1-3H3,(H2,16,17,18);1H. The molecule has 8 heteroatoms. The second kappa shape index (κ2) is 10.8. The van der Waals surface area contributed by atoms with E-state index in [1.165, 1.54) is 0 Å². The molecule has 1 saturated heterocycles. The number of aromatic nitrogens is 3. The molecule has 1 aromatic rings. The van der Waals surface area contributed by atoms with Crippen molar-refractivity contribution in [2.45, 2.75) is 52.2 Å². The minimum atomic E-state index is 0. The van der Waals surface area contributed by atoms with Crippen molar-refractivity contribution in [2.75, 3.05) is 19.7 Å². The molecule has 0 aliphatic carbocycles. The average molecular weight is 436 g/mol. The van der Waals surface area contributed by atoms with Gasteiger partial charge in [-0.05, 0) is 26.2 Å². The molecule has 2 rings (SSSR count). The predicted molar refractivity (Wildman–Crippen MR) is 102 cm³/mol. The Labute approximate surface area is 155 Å². The lowest BCUT2D eigenvalue weighted by Gasteiger charge is -2.15. The Kier molecular flexibility index (Phi) is 9.46. The average Bonchev–Trinajstić information content (AvgIpc) is 3.14. The second-order valence-electron chi connectivity index (χ2n) is 5.68. The largest absolute Gasteiger partial charge is 0.376 e. The first kappa shape index (κ1) is 20.1. The zero-order valence-corrected chi connectivity index (χ0v) is 16.7. The van der Waals surface area contributed by atoms with E-state index in [9.17, 15) is 0 Å². The van der Waals surface area contributed by atoms with E-state index in [0.717, 1.165) is 63.0 Å². The van der Waals surface area contributed by atoms with Gasteiger partial charge in [0, 0.05) is 26.7 Å². The van der Waals surface area contributed by atoms with E-state index in [1.54, 1.807) is 0 Å². The SMILES string of the molecule is CCCCNC(=NCc1nnc(C)n1C)NCC1CCCO1.I. The van der Waals surface area contributed by atoms with Gasteiger partial charge in [0.05, 0.1) is 6.10 Å². The molecule has 1 aromatic heterocycles. The maximum absolute atomic E-state index is 5.64. The highest BCUT2D eigenvalue weighted by molar-refractivity contribution is 14.0. The van der Waals surface area contributed by atoms with Gasteiger partial charge in [-0.1, -0.05) is 13.3 Å². The summed E-state index contributed by atoms with van der Waals surface area (Å²) >= 11 is 0. The summed E-state index contributed by atoms with van der Waals surface area (Å²) < 4.78 is 7.61. The maximum Gasteiger partial charge on any atom is 0.191 e. The molecule has 1 atom stereocenters. The highest BCUT2D eigenvalue weighted by Crippen LogP contribution is 2.10. The number of halogens is 1. The number of ether oxygens (including phenoxy) is 1. The van der Waals surface area contributed by atoms with Crippen molar-refractivity contribution >= 4 is 29.9 Å². The van der Waals surface area contributed by atoms with Gasteiger partial charge in [-0.2, -0.15) is 0 Å². The number of nitrogens with one attached hydrogen (secondary N) is 2. The van der Waals surface area contributed by atoms with Crippen molar-refractivity contribution in [3.63, 3.8) is 0 Å². The van der Waals surface area contributed by atoms with Gasteiger partial charge in [-0.15, -0.1) is 34.2 Å². The summed E-state index contributed by atoms with van der Waals surface area (Å²) in [6.07, 6.45) is 4.87. The molecule has 0 saturated carbocycles. The van der Waals surface area contributed by atoms with Crippen LogP contribution in [0.1, 0.15) is 44.3 Å². The quantitative estimate of drug-likeness (QED) is 0.295. The number of rotatable bonds is 7. The number of aryl methyl sites for hydroxylation is 1. The lowest BCUT2D eigenvalue weighted by atomic mass is 10.2. The Bertz CT molecular complexity index is 484. The molecule has 0 bridgehead atoms. The molecule has 0 radical (unpaired) electrons. The number of nitrogens with zero attached hydrogens (tertiary/aromatic N) is 4. The molecule has 23 heavy (non-hydrogen) atoms. The minimum Gasteiger partial charge on any atom is -0.376 e. The Hall–Kier alpha value is -0.900. The predicted octanol–water partition coefficient (Wildman–Crippen LogP) is 1.76. The van der Waals surface area contributed by atoms with E-state index in [4.69, 9.17) is 4.74 Å². The normalized spacial score (nSPS) is 17.9. The molecular weight excluding hydrogens is 407 g/mol. The highest BCUT2D eigenvalue weighted by atomic mass is 127. The van der Waals surface area contributed by atoms with E-state index in [-0.39, 0.29) is 24.0 Å². The Morgan fingerprint density at radius 2 is 2.22 bits per heavy atom. The third kappa shape index (κ3) is 6.62. The summed E-state index contributed by atoms with van der Waals surface area (Å²) in [6.45, 7) is 7.24. The van der Waals surface area contributed by atoms with Gasteiger partial charge in [0.2, 0.25) is 0 Å². The maximum atomic E-state index is 5.64. The molecule has 1 fully saturated rings. The lowest BCUT2D eigenvalue weighted by molar-refractivity contribution is 0.114. The zero-order chi connectivity index (χ0) is 15.8. The first-order valence-electron chi connectivity index (χ1n) is 8.19. The first-order chi connectivity index (χ1) is 10.7. The first-order valence-corrected chi connectivity index (χ1v) is 8.19. The summed E-state index contributed by atoms with van der Waals surface area (Å²) in [6, 6.07) is 0. The van der Waals surface area contributed by atoms with Crippen LogP contribution >= 0.6 is 24.0 Å². The molecule has 0 amide bonds. The van der Waals surface area contributed by atoms with Crippen molar-refractivity contribution in [3.05, 3.63) is 11.6 Å². The molecule has 0 spiro atoms. The molecule has 0 aromatic carbocycles. The third-order valence-corrected chi connectivity index (χ3v) is 3.91. The topological polar surface area (TPSA) is 76.4 Å². The molecule has 132 valence electrons. The molecule has 7 nitrogen and oxygen atoms in total. The van der Waals surface area contributed by atoms with Crippen molar-refractivity contribution < 1.29 is 4.74 Å². The van der Waals surface area contributed by atoms with Gasteiger partial charge < -0.3 is 19.9 Å². The van der Waals surface area contributed by atoms with Gasteiger partial charge >= 0.3 is 0 Å². The van der Waals surface area contributed by atoms with Crippen LogP contribution in [0.25, 0.3) is 0 Å². The van der Waals surface area contributed by atoms with E-state index < -0.39 is 0 Å². The Morgan fingerprint density at radius 3 is 2.83 bits per heavy atom. The van der Waals surface area contributed by atoms with Gasteiger partial charge in [-0.25, -0.2) is 4.99 Å². The van der Waals surface area contributed by atoms with Gasteiger partial charge in [0.1, 0.15) is 12.4 Å². The fraction of sp³-hybridized carbons (Fsp3) is 0.800. The summed E-state index contributed by atoms with van der Waals surface area (Å²) in [7, 11) is 1.96. The molecule has 1 unspecified atom stereocenters. The van der Waals surface area contributed by atoms with Gasteiger partial charge in [-0.3, -0.25) is 0 Å². The molecule has 1 aliphatic heterocycles. The van der Waals surface area contributed by atoms with E-state index >= 15 is 0 Å². The van der Waals surface area contributed by atoms with E-state index in [0.29, 0.717) is 12.6 Å². The van der Waals surface area contributed by atoms with Crippen LogP contribution in [0.5, 0.6) is 0 Å². The smallest absolute Gasteiger partial charge is 0.191 e. The second-order valence-corrected chi connectivity index (χ2v) is 5.68. The summed E-state index contributed by atoms with van der Waals surface area (Å²) in [5, 5.41) is 14.9. The van der Waals surface area contributed by atoms with Crippen molar-refractivity contribution in [3.8, 4) is 0 Å². The summed E-state index contributed by atoms with van der Waals surface area (Å²) in [5.74, 6) is 2.59. The molecule has 1 aliphatic rings. The van der Waals surface area contributed by atoms with Crippen molar-refractivity contribution in [1.82, 2.24) is 25.4 Å². The van der Waals surface area contributed by atoms with Crippen molar-refractivity contribution in [1.29, 1.82) is 0 Å². The van der Waals surface area contributed by atoms with Crippen LogP contribution in [0.3, 0.4) is 0 Å². The van der Waals surface area contributed by atoms with E-state index in [1.807, 2.05) is 18.5 Å². The monoisotopic (exact) mass is 436 g/mol. The van der Waals surface area contributed by atoms with Crippen LogP contribution in [-0.4, -0.2) is 46.5 Å². The van der Waals surface area contributed by atoms with Crippen LogP contribution in [0, 0.1) is 6.92 Å². The molecule has 2 N–H and O–H groups in total. The zero-order valence-electron chi connectivity index (χ0n) is 14.3. The third-order valence-electron chi connectivity index (χ3n) is 3.91. The van der Waals surface area contributed by atoms with Gasteiger partial charge in [0.15, 0.2) is 11.8 Å². The fourth-order valence-corrected chi connectivity index (χ4v) is 2.31. The number of unbranched alkanes of at least 4 members (excludes halogenated alkanes) is 1. The Morgan fingerprint density at radius 1 is 1.39 bits per heavy atom. The summed E-state index contributed by atoms with van der Waals surface area (Å²) in [5.41, 5.74) is 0. The molecule has 2 heterocycles. The number of aliphatic imine (C=N–C) groups is 1. The van der Waals surface area contributed by atoms with Crippen LogP contribution in [0.2, 0.25) is 0 Å². The highest BCUT2D eigenvalue weighted by Gasteiger charge is 2.15. The van der Waals surface area contributed by atoms with Gasteiger partial charge in [0.25, 0.3) is 0 Å². The van der Waals surface area contributed by atoms with E-state index in [2.05, 4.69) is 32.7 Å². The van der Waals surface area contributed by atoms with Crippen molar-refractivity contribution in [2.24, 2.45) is 12.0 Å². The number of guanidine groups is 1. The fourth-order valence-electron chi connectivity index (χ4n) is 2.31. The number of hydrogen-bond donors (Lipinski definition) is 2. The van der Waals surface area contributed by atoms with Crippen LogP contribution in [0.15, 0.2) is 4.99 Å². The number of hydrogen-bond acceptors (Lipinski definition) is 4. The molecular formula is C15H29IN6O.